The lowest BCUT2D eigenvalue weighted by molar-refractivity contribution is -0.139. The molecule has 1 saturated heterocycles. The summed E-state index contributed by atoms with van der Waals surface area (Å²) in [4.78, 5) is 0. The molecule has 1 heterocycles. The number of aliphatic hydroxyl groups is 2. The number of aliphatic hydroxyl groups excluding tert-OH is 1. The molecule has 1 atom stereocenters. The largest absolute Gasteiger partial charge is 0.396 e. The highest BCUT2D eigenvalue weighted by atomic mass is 16.3. The number of hydrogen-bond acceptors (Lipinski definition) is 3. The van der Waals surface area contributed by atoms with Crippen LogP contribution in [0.4, 0.5) is 0 Å². The summed E-state index contributed by atoms with van der Waals surface area (Å²) in [7, 11) is 0. The maximum atomic E-state index is 10.7. The van der Waals surface area contributed by atoms with Gasteiger partial charge in [0.1, 0.15) is 0 Å². The molecule has 1 saturated carbocycles. The molecule has 1 aliphatic carbocycles. The number of nitrogens with one attached hydrogen (secondary N) is 1. The zero-order valence-electron chi connectivity index (χ0n) is 9.47. The third-order valence-corrected chi connectivity index (χ3v) is 4.44. The van der Waals surface area contributed by atoms with E-state index in [2.05, 4.69) is 5.32 Å². The van der Waals surface area contributed by atoms with Gasteiger partial charge in [-0.05, 0) is 32.2 Å². The monoisotopic (exact) mass is 213 g/mol. The van der Waals surface area contributed by atoms with Crippen LogP contribution in [-0.4, -0.2) is 35.5 Å². The second-order valence-corrected chi connectivity index (χ2v) is 5.31. The van der Waals surface area contributed by atoms with Gasteiger partial charge >= 0.3 is 0 Å². The Labute approximate surface area is 91.9 Å². The molecule has 0 aromatic heterocycles. The van der Waals surface area contributed by atoms with Gasteiger partial charge in [0.05, 0.1) is 12.2 Å². The van der Waals surface area contributed by atoms with Crippen LogP contribution >= 0.6 is 0 Å². The maximum absolute atomic E-state index is 10.7. The van der Waals surface area contributed by atoms with E-state index >= 15 is 0 Å². The highest BCUT2D eigenvalue weighted by Crippen LogP contribution is 2.45. The van der Waals surface area contributed by atoms with Crippen molar-refractivity contribution < 1.29 is 10.2 Å². The summed E-state index contributed by atoms with van der Waals surface area (Å²) in [6, 6.07) is 0. The molecule has 2 fully saturated rings. The van der Waals surface area contributed by atoms with Gasteiger partial charge in [0, 0.05) is 12.0 Å². The summed E-state index contributed by atoms with van der Waals surface area (Å²) in [5, 5.41) is 23.7. The van der Waals surface area contributed by atoms with E-state index in [1.807, 2.05) is 0 Å². The highest BCUT2D eigenvalue weighted by molar-refractivity contribution is 5.02. The van der Waals surface area contributed by atoms with E-state index in [0.29, 0.717) is 0 Å². The molecule has 0 aromatic carbocycles. The summed E-state index contributed by atoms with van der Waals surface area (Å²) >= 11 is 0. The second-order valence-electron chi connectivity index (χ2n) is 5.31. The Bertz CT molecular complexity index is 206. The van der Waals surface area contributed by atoms with E-state index < -0.39 is 5.60 Å². The lowest BCUT2D eigenvalue weighted by Crippen LogP contribution is -2.58. The first-order chi connectivity index (χ1) is 7.22. The fourth-order valence-electron chi connectivity index (χ4n) is 3.31. The highest BCUT2D eigenvalue weighted by Gasteiger charge is 2.50. The van der Waals surface area contributed by atoms with Gasteiger partial charge in [0.25, 0.3) is 0 Å². The molecule has 3 nitrogen and oxygen atoms in total. The Hall–Kier alpha value is -0.120. The van der Waals surface area contributed by atoms with Crippen molar-refractivity contribution in [1.29, 1.82) is 0 Å². The van der Waals surface area contributed by atoms with Crippen molar-refractivity contribution in [1.82, 2.24) is 5.32 Å². The Kier molecular flexibility index (Phi) is 3.33. The van der Waals surface area contributed by atoms with Gasteiger partial charge in [0.15, 0.2) is 0 Å². The van der Waals surface area contributed by atoms with E-state index in [9.17, 15) is 10.2 Å². The Balaban J connectivity index is 2.15. The minimum atomic E-state index is -0.618. The smallest absolute Gasteiger partial charge is 0.0737 e. The van der Waals surface area contributed by atoms with Crippen LogP contribution in [0, 0.1) is 5.41 Å². The van der Waals surface area contributed by atoms with Crippen LogP contribution in [0.3, 0.4) is 0 Å². The molecule has 3 heteroatoms. The van der Waals surface area contributed by atoms with Gasteiger partial charge in [-0.15, -0.1) is 0 Å². The predicted molar refractivity (Wildman–Crippen MR) is 59.7 cm³/mol. The quantitative estimate of drug-likeness (QED) is 0.642. The lowest BCUT2D eigenvalue weighted by atomic mass is 9.62. The van der Waals surface area contributed by atoms with Crippen molar-refractivity contribution in [2.45, 2.75) is 50.5 Å². The van der Waals surface area contributed by atoms with Crippen LogP contribution in [0.1, 0.15) is 44.9 Å². The fraction of sp³-hybridized carbons (Fsp3) is 1.00. The summed E-state index contributed by atoms with van der Waals surface area (Å²) in [5.74, 6) is 0. The zero-order valence-corrected chi connectivity index (χ0v) is 9.47. The Morgan fingerprint density at radius 2 is 1.73 bits per heavy atom. The van der Waals surface area contributed by atoms with Gasteiger partial charge in [-0.25, -0.2) is 0 Å². The van der Waals surface area contributed by atoms with Crippen molar-refractivity contribution in [3.8, 4) is 0 Å². The van der Waals surface area contributed by atoms with Crippen LogP contribution in [0.25, 0.3) is 0 Å². The molecule has 0 amide bonds. The standard InChI is InChI=1S/C12H23NO2/c14-10-11(5-4-8-13-9-11)12(15)6-2-1-3-7-12/h13-15H,1-10H2. The van der Waals surface area contributed by atoms with E-state index in [1.165, 1.54) is 6.42 Å². The molecule has 15 heavy (non-hydrogen) atoms. The maximum Gasteiger partial charge on any atom is 0.0737 e. The Morgan fingerprint density at radius 3 is 2.27 bits per heavy atom. The van der Waals surface area contributed by atoms with Crippen LogP contribution in [0.15, 0.2) is 0 Å². The number of hydrogen-bond donors (Lipinski definition) is 3. The molecule has 0 bridgehead atoms. The number of rotatable bonds is 2. The van der Waals surface area contributed by atoms with E-state index in [0.717, 1.165) is 51.6 Å². The first kappa shape index (κ1) is 11.4. The van der Waals surface area contributed by atoms with Crippen molar-refractivity contribution in [2.24, 2.45) is 5.41 Å². The molecule has 2 aliphatic rings. The Morgan fingerprint density at radius 1 is 1.00 bits per heavy atom. The van der Waals surface area contributed by atoms with E-state index in [4.69, 9.17) is 0 Å². The molecule has 0 radical (unpaired) electrons. The number of piperidine rings is 1. The van der Waals surface area contributed by atoms with Gasteiger partial charge in [-0.1, -0.05) is 19.3 Å². The molecule has 2 rings (SSSR count). The van der Waals surface area contributed by atoms with Crippen LogP contribution in [-0.2, 0) is 0 Å². The molecular formula is C12H23NO2. The summed E-state index contributed by atoms with van der Waals surface area (Å²) in [6.45, 7) is 1.92. The first-order valence-electron chi connectivity index (χ1n) is 6.26. The average Bonchev–Trinajstić information content (AvgIpc) is 2.31. The van der Waals surface area contributed by atoms with Crippen LogP contribution < -0.4 is 5.32 Å². The average molecular weight is 213 g/mol. The van der Waals surface area contributed by atoms with E-state index in [-0.39, 0.29) is 12.0 Å². The summed E-state index contributed by atoms with van der Waals surface area (Å²) in [6.07, 6.45) is 7.23. The molecule has 1 unspecified atom stereocenters. The van der Waals surface area contributed by atoms with Crippen molar-refractivity contribution in [2.75, 3.05) is 19.7 Å². The lowest BCUT2D eigenvalue weighted by Gasteiger charge is -2.50. The van der Waals surface area contributed by atoms with Gasteiger partial charge in [-0.2, -0.15) is 0 Å². The summed E-state index contributed by atoms with van der Waals surface area (Å²) < 4.78 is 0. The molecule has 1 aliphatic heterocycles. The topological polar surface area (TPSA) is 52.5 Å². The first-order valence-corrected chi connectivity index (χ1v) is 6.26. The minimum Gasteiger partial charge on any atom is -0.396 e. The fourth-order valence-corrected chi connectivity index (χ4v) is 3.31. The van der Waals surface area contributed by atoms with Crippen molar-refractivity contribution in [3.05, 3.63) is 0 Å². The molecular weight excluding hydrogens is 190 g/mol. The van der Waals surface area contributed by atoms with Gasteiger partial charge in [0.2, 0.25) is 0 Å². The molecule has 3 N–H and O–H groups in total. The van der Waals surface area contributed by atoms with Gasteiger partial charge in [-0.3, -0.25) is 0 Å². The second kappa shape index (κ2) is 4.40. The third-order valence-electron chi connectivity index (χ3n) is 4.44. The molecule has 0 spiro atoms. The van der Waals surface area contributed by atoms with Crippen LogP contribution in [0.5, 0.6) is 0 Å². The SMILES string of the molecule is OCC1(C2(O)CCCCC2)CCCNC1. The predicted octanol–water partition coefficient (Wildman–Crippen LogP) is 1.04. The third kappa shape index (κ3) is 1.93. The minimum absolute atomic E-state index is 0.122. The zero-order chi connectivity index (χ0) is 10.8. The van der Waals surface area contributed by atoms with Crippen molar-refractivity contribution >= 4 is 0 Å². The summed E-state index contributed by atoms with van der Waals surface area (Å²) in [5.41, 5.74) is -0.890. The molecule has 88 valence electrons. The normalized spacial score (nSPS) is 36.4. The molecule has 0 aromatic rings. The van der Waals surface area contributed by atoms with Gasteiger partial charge < -0.3 is 15.5 Å². The van der Waals surface area contributed by atoms with Crippen LogP contribution in [0.2, 0.25) is 0 Å². The van der Waals surface area contributed by atoms with E-state index in [1.54, 1.807) is 0 Å². The van der Waals surface area contributed by atoms with Crippen molar-refractivity contribution in [3.63, 3.8) is 0 Å².